The lowest BCUT2D eigenvalue weighted by Gasteiger charge is -2.26. The van der Waals surface area contributed by atoms with Crippen LogP contribution in [0.3, 0.4) is 0 Å². The molecule has 0 aromatic carbocycles. The standard InChI is InChI=1S/C11H24N2O2/c1-11(12)3-2-7-14-8-4-13-5-9-15-10-6-13/h11H,2-10,12H2,1H3. The second kappa shape index (κ2) is 8.05. The topological polar surface area (TPSA) is 47.7 Å². The number of nitrogens with two attached hydrogens (primary N) is 1. The zero-order valence-corrected chi connectivity index (χ0v) is 9.78. The van der Waals surface area contributed by atoms with Gasteiger partial charge in [-0.2, -0.15) is 0 Å². The second-order valence-corrected chi connectivity index (χ2v) is 4.19. The van der Waals surface area contributed by atoms with Crippen LogP contribution in [0, 0.1) is 0 Å². The van der Waals surface area contributed by atoms with Crippen LogP contribution in [0.4, 0.5) is 0 Å². The highest BCUT2D eigenvalue weighted by molar-refractivity contribution is 4.60. The van der Waals surface area contributed by atoms with Crippen molar-refractivity contribution >= 4 is 0 Å². The molecule has 0 spiro atoms. The summed E-state index contributed by atoms with van der Waals surface area (Å²) in [6.07, 6.45) is 2.12. The van der Waals surface area contributed by atoms with Crippen LogP contribution in [-0.2, 0) is 9.47 Å². The minimum atomic E-state index is 0.299. The van der Waals surface area contributed by atoms with Gasteiger partial charge < -0.3 is 15.2 Å². The van der Waals surface area contributed by atoms with E-state index in [1.165, 1.54) is 0 Å². The molecule has 90 valence electrons. The molecule has 4 heteroatoms. The molecule has 0 aliphatic carbocycles. The average Bonchev–Trinajstić information content (AvgIpc) is 2.24. The number of ether oxygens (including phenoxy) is 2. The lowest BCUT2D eigenvalue weighted by Crippen LogP contribution is -2.38. The van der Waals surface area contributed by atoms with Crippen LogP contribution in [0.2, 0.25) is 0 Å². The summed E-state index contributed by atoms with van der Waals surface area (Å²) in [4.78, 5) is 2.38. The molecule has 1 aliphatic heterocycles. The average molecular weight is 216 g/mol. The van der Waals surface area contributed by atoms with E-state index < -0.39 is 0 Å². The smallest absolute Gasteiger partial charge is 0.0594 e. The molecular weight excluding hydrogens is 192 g/mol. The van der Waals surface area contributed by atoms with Gasteiger partial charge in [-0.1, -0.05) is 0 Å². The molecule has 1 unspecified atom stereocenters. The van der Waals surface area contributed by atoms with Gasteiger partial charge in [-0.15, -0.1) is 0 Å². The van der Waals surface area contributed by atoms with Crippen molar-refractivity contribution in [3.05, 3.63) is 0 Å². The summed E-state index contributed by atoms with van der Waals surface area (Å²) in [6, 6.07) is 0.299. The van der Waals surface area contributed by atoms with Gasteiger partial charge in [0.15, 0.2) is 0 Å². The van der Waals surface area contributed by atoms with Crippen LogP contribution in [0.25, 0.3) is 0 Å². The Morgan fingerprint density at radius 2 is 2.07 bits per heavy atom. The van der Waals surface area contributed by atoms with Crippen LogP contribution in [0.15, 0.2) is 0 Å². The molecule has 1 aliphatic rings. The number of rotatable bonds is 7. The molecule has 0 saturated carbocycles. The predicted molar refractivity (Wildman–Crippen MR) is 61.0 cm³/mol. The van der Waals surface area contributed by atoms with Gasteiger partial charge in [-0.25, -0.2) is 0 Å². The van der Waals surface area contributed by atoms with Gasteiger partial charge in [0.2, 0.25) is 0 Å². The van der Waals surface area contributed by atoms with Crippen molar-refractivity contribution in [1.82, 2.24) is 4.90 Å². The number of morpholine rings is 1. The molecule has 15 heavy (non-hydrogen) atoms. The summed E-state index contributed by atoms with van der Waals surface area (Å²) < 4.78 is 10.8. The van der Waals surface area contributed by atoms with Crippen molar-refractivity contribution in [2.45, 2.75) is 25.8 Å². The Morgan fingerprint density at radius 1 is 1.33 bits per heavy atom. The fourth-order valence-electron chi connectivity index (χ4n) is 1.63. The third-order valence-corrected chi connectivity index (χ3v) is 2.60. The third kappa shape index (κ3) is 6.84. The maximum absolute atomic E-state index is 5.65. The molecule has 0 bridgehead atoms. The predicted octanol–water partition coefficient (Wildman–Crippen LogP) is 0.463. The molecule has 4 nitrogen and oxygen atoms in total. The molecule has 2 N–H and O–H groups in total. The Kier molecular flexibility index (Phi) is 6.92. The van der Waals surface area contributed by atoms with Crippen LogP contribution in [0.1, 0.15) is 19.8 Å². The van der Waals surface area contributed by atoms with Crippen LogP contribution < -0.4 is 5.73 Å². The van der Waals surface area contributed by atoms with Crippen molar-refractivity contribution in [1.29, 1.82) is 0 Å². The van der Waals surface area contributed by atoms with Crippen LogP contribution in [-0.4, -0.2) is 57.0 Å². The van der Waals surface area contributed by atoms with E-state index in [1.54, 1.807) is 0 Å². The summed E-state index contributed by atoms with van der Waals surface area (Å²) >= 11 is 0. The number of hydrogen-bond donors (Lipinski definition) is 1. The lowest BCUT2D eigenvalue weighted by atomic mass is 10.2. The second-order valence-electron chi connectivity index (χ2n) is 4.19. The summed E-state index contributed by atoms with van der Waals surface area (Å²) in [5.41, 5.74) is 5.65. The maximum atomic E-state index is 5.65. The highest BCUT2D eigenvalue weighted by atomic mass is 16.5. The van der Waals surface area contributed by atoms with Crippen molar-refractivity contribution in [3.8, 4) is 0 Å². The molecule has 1 saturated heterocycles. The zero-order valence-electron chi connectivity index (χ0n) is 9.78. The minimum Gasteiger partial charge on any atom is -0.380 e. The number of nitrogens with zero attached hydrogens (tertiary/aromatic N) is 1. The lowest BCUT2D eigenvalue weighted by molar-refractivity contribution is 0.0200. The molecule has 1 atom stereocenters. The van der Waals surface area contributed by atoms with Crippen molar-refractivity contribution in [2.24, 2.45) is 5.73 Å². The van der Waals surface area contributed by atoms with E-state index in [0.717, 1.165) is 58.9 Å². The van der Waals surface area contributed by atoms with Crippen molar-refractivity contribution in [2.75, 3.05) is 46.1 Å². The van der Waals surface area contributed by atoms with Crippen LogP contribution in [0.5, 0.6) is 0 Å². The van der Waals surface area contributed by atoms with E-state index in [1.807, 2.05) is 6.92 Å². The van der Waals surface area contributed by atoms with Gasteiger partial charge in [0.05, 0.1) is 19.8 Å². The number of hydrogen-bond acceptors (Lipinski definition) is 4. The summed E-state index contributed by atoms with van der Waals surface area (Å²) in [7, 11) is 0. The molecule has 1 heterocycles. The molecule has 1 rings (SSSR count). The minimum absolute atomic E-state index is 0.299. The fraction of sp³-hybridized carbons (Fsp3) is 1.00. The fourth-order valence-corrected chi connectivity index (χ4v) is 1.63. The first kappa shape index (κ1) is 12.9. The molecular formula is C11H24N2O2. The summed E-state index contributed by atoms with van der Waals surface area (Å²) in [6.45, 7) is 8.56. The maximum Gasteiger partial charge on any atom is 0.0594 e. The van der Waals surface area contributed by atoms with Gasteiger partial charge in [0.1, 0.15) is 0 Å². The molecule has 0 amide bonds. The SMILES string of the molecule is CC(N)CCCOCCN1CCOCC1. The monoisotopic (exact) mass is 216 g/mol. The van der Waals surface area contributed by atoms with E-state index in [4.69, 9.17) is 15.2 Å². The first-order valence-corrected chi connectivity index (χ1v) is 5.92. The van der Waals surface area contributed by atoms with Gasteiger partial charge in [0, 0.05) is 32.3 Å². The van der Waals surface area contributed by atoms with Gasteiger partial charge in [-0.05, 0) is 19.8 Å². The highest BCUT2D eigenvalue weighted by Crippen LogP contribution is 1.97. The quantitative estimate of drug-likeness (QED) is 0.628. The summed E-state index contributed by atoms with van der Waals surface area (Å²) in [5.74, 6) is 0. The van der Waals surface area contributed by atoms with Crippen LogP contribution >= 0.6 is 0 Å². The normalized spacial score (nSPS) is 20.4. The molecule has 0 radical (unpaired) electrons. The molecule has 0 aromatic heterocycles. The third-order valence-electron chi connectivity index (χ3n) is 2.60. The van der Waals surface area contributed by atoms with E-state index in [2.05, 4.69) is 4.90 Å². The zero-order chi connectivity index (χ0) is 10.9. The largest absolute Gasteiger partial charge is 0.380 e. The Bertz CT molecular complexity index is 148. The highest BCUT2D eigenvalue weighted by Gasteiger charge is 2.08. The Morgan fingerprint density at radius 3 is 2.73 bits per heavy atom. The van der Waals surface area contributed by atoms with Gasteiger partial charge in [-0.3, -0.25) is 4.90 Å². The van der Waals surface area contributed by atoms with Crippen molar-refractivity contribution < 1.29 is 9.47 Å². The Labute approximate surface area is 92.7 Å². The van der Waals surface area contributed by atoms with Crippen molar-refractivity contribution in [3.63, 3.8) is 0 Å². The first-order valence-electron chi connectivity index (χ1n) is 5.92. The van der Waals surface area contributed by atoms with Gasteiger partial charge >= 0.3 is 0 Å². The Balaban J connectivity index is 1.83. The van der Waals surface area contributed by atoms with E-state index in [-0.39, 0.29) is 0 Å². The molecule has 1 fully saturated rings. The van der Waals surface area contributed by atoms with E-state index >= 15 is 0 Å². The Hall–Kier alpha value is -0.160. The summed E-state index contributed by atoms with van der Waals surface area (Å²) in [5, 5.41) is 0. The first-order chi connectivity index (χ1) is 7.29. The van der Waals surface area contributed by atoms with Gasteiger partial charge in [0.25, 0.3) is 0 Å². The van der Waals surface area contributed by atoms with E-state index in [0.29, 0.717) is 6.04 Å². The van der Waals surface area contributed by atoms with E-state index in [9.17, 15) is 0 Å². The molecule has 0 aromatic rings.